The number of anilines is 2. The summed E-state index contributed by atoms with van der Waals surface area (Å²) in [5, 5.41) is 9.22. The van der Waals surface area contributed by atoms with E-state index in [1.54, 1.807) is 7.11 Å². The number of fused-ring (bicyclic) bond motifs is 1. The zero-order chi connectivity index (χ0) is 26.2. The van der Waals surface area contributed by atoms with Gasteiger partial charge in [-0.05, 0) is 45.1 Å². The lowest BCUT2D eigenvalue weighted by Crippen LogP contribution is -2.27. The molecule has 8 nitrogen and oxygen atoms in total. The first-order valence-corrected chi connectivity index (χ1v) is 12.6. The highest BCUT2D eigenvalue weighted by atomic mass is 19.4. The van der Waals surface area contributed by atoms with Crippen molar-refractivity contribution in [3.8, 4) is 5.88 Å². The Kier molecular flexibility index (Phi) is 7.11. The second-order valence-electron chi connectivity index (χ2n) is 9.50. The molecule has 1 aliphatic heterocycles. The maximum atomic E-state index is 14.4. The third kappa shape index (κ3) is 5.16. The van der Waals surface area contributed by atoms with Gasteiger partial charge in [0.05, 0.1) is 28.6 Å². The third-order valence-corrected chi connectivity index (χ3v) is 7.14. The van der Waals surface area contributed by atoms with Crippen LogP contribution in [-0.2, 0) is 10.9 Å². The van der Waals surface area contributed by atoms with E-state index in [0.29, 0.717) is 31.7 Å². The van der Waals surface area contributed by atoms with Gasteiger partial charge < -0.3 is 19.7 Å². The minimum absolute atomic E-state index is 0.0631. The fraction of sp³-hybridized carbons (Fsp3) is 0.560. The Bertz CT molecular complexity index is 1240. The summed E-state index contributed by atoms with van der Waals surface area (Å²) in [6.07, 6.45) is 1.07. The lowest BCUT2D eigenvalue weighted by atomic mass is 9.93. The van der Waals surface area contributed by atoms with Crippen LogP contribution in [0, 0.1) is 5.82 Å². The van der Waals surface area contributed by atoms with Crippen LogP contribution < -0.4 is 15.0 Å². The van der Waals surface area contributed by atoms with Crippen molar-refractivity contribution >= 4 is 22.5 Å². The summed E-state index contributed by atoms with van der Waals surface area (Å²) in [5.74, 6) is -0.433. The molecule has 5 rings (SSSR count). The van der Waals surface area contributed by atoms with Gasteiger partial charge in [-0.25, -0.2) is 14.4 Å². The lowest BCUT2D eigenvalue weighted by Gasteiger charge is -2.29. The Hall–Kier alpha value is -3.15. The van der Waals surface area contributed by atoms with Gasteiger partial charge in [-0.1, -0.05) is 0 Å². The van der Waals surface area contributed by atoms with Crippen molar-refractivity contribution in [3.05, 3.63) is 35.9 Å². The smallest absolute Gasteiger partial charge is 0.419 e. The zero-order valence-corrected chi connectivity index (χ0v) is 20.8. The number of nitrogens with zero attached hydrogens (tertiary/aromatic N) is 5. The van der Waals surface area contributed by atoms with Gasteiger partial charge >= 0.3 is 6.18 Å². The molecule has 0 unspecified atom stereocenters. The van der Waals surface area contributed by atoms with Crippen LogP contribution in [0.15, 0.2) is 24.5 Å². The van der Waals surface area contributed by atoms with Gasteiger partial charge in [0.15, 0.2) is 11.6 Å². The topological polar surface area (TPSA) is 77.3 Å². The highest BCUT2D eigenvalue weighted by Crippen LogP contribution is 2.38. The van der Waals surface area contributed by atoms with Crippen LogP contribution >= 0.6 is 0 Å². The second kappa shape index (κ2) is 10.3. The average Bonchev–Trinajstić information content (AvgIpc) is 3.50. The summed E-state index contributed by atoms with van der Waals surface area (Å²) < 4.78 is 66.7. The molecule has 1 saturated heterocycles. The highest BCUT2D eigenvalue weighted by molar-refractivity contribution is 5.91. The molecule has 0 aromatic carbocycles. The van der Waals surface area contributed by atoms with Gasteiger partial charge in [0.1, 0.15) is 11.9 Å². The van der Waals surface area contributed by atoms with Crippen LogP contribution in [0.5, 0.6) is 5.88 Å². The Morgan fingerprint density at radius 3 is 2.57 bits per heavy atom. The van der Waals surface area contributed by atoms with Gasteiger partial charge in [-0.15, -0.1) is 0 Å². The van der Waals surface area contributed by atoms with E-state index in [2.05, 4.69) is 20.2 Å². The van der Waals surface area contributed by atoms with Crippen LogP contribution in [-0.4, -0.2) is 58.7 Å². The van der Waals surface area contributed by atoms with E-state index in [4.69, 9.17) is 14.6 Å². The summed E-state index contributed by atoms with van der Waals surface area (Å²) in [6.45, 7) is 4.35. The molecule has 1 aliphatic carbocycles. The van der Waals surface area contributed by atoms with Crippen molar-refractivity contribution in [1.82, 2.24) is 19.7 Å². The van der Waals surface area contributed by atoms with E-state index in [-0.39, 0.29) is 12.1 Å². The summed E-state index contributed by atoms with van der Waals surface area (Å²) in [5.41, 5.74) is -0.402. The average molecular weight is 523 g/mol. The molecule has 37 heavy (non-hydrogen) atoms. The molecular weight excluding hydrogens is 492 g/mol. The number of hydrogen-bond donors (Lipinski definition) is 1. The first-order chi connectivity index (χ1) is 17.8. The van der Waals surface area contributed by atoms with Crippen LogP contribution in [0.4, 0.5) is 29.2 Å². The molecule has 1 atom stereocenters. The first kappa shape index (κ1) is 25.5. The highest BCUT2D eigenvalue weighted by Gasteiger charge is 2.37. The molecule has 0 amide bonds. The summed E-state index contributed by atoms with van der Waals surface area (Å²) in [7, 11) is 1.72. The first-order valence-electron chi connectivity index (χ1n) is 12.6. The lowest BCUT2D eigenvalue weighted by molar-refractivity contribution is -0.140. The summed E-state index contributed by atoms with van der Waals surface area (Å²) in [4.78, 5) is 10.5. The number of alkyl halides is 3. The molecule has 12 heteroatoms. The maximum absolute atomic E-state index is 14.4. The van der Waals surface area contributed by atoms with Gasteiger partial charge in [-0.2, -0.15) is 18.3 Å². The number of ether oxygens (including phenoxy) is 2. The normalized spacial score (nSPS) is 22.5. The fourth-order valence-electron chi connectivity index (χ4n) is 5.21. The number of hydrogen-bond acceptors (Lipinski definition) is 7. The number of pyridine rings is 2. The Morgan fingerprint density at radius 1 is 1.11 bits per heavy atom. The second-order valence-corrected chi connectivity index (χ2v) is 9.50. The van der Waals surface area contributed by atoms with Crippen molar-refractivity contribution in [2.24, 2.45) is 0 Å². The fourth-order valence-corrected chi connectivity index (χ4v) is 5.21. The maximum Gasteiger partial charge on any atom is 0.419 e. The van der Waals surface area contributed by atoms with Crippen molar-refractivity contribution in [3.63, 3.8) is 0 Å². The minimum atomic E-state index is -4.80. The molecule has 0 radical (unpaired) electrons. The third-order valence-electron chi connectivity index (χ3n) is 7.14. The van der Waals surface area contributed by atoms with Crippen LogP contribution in [0.3, 0.4) is 0 Å². The van der Waals surface area contributed by atoms with Crippen molar-refractivity contribution in [1.29, 1.82) is 0 Å². The Labute approximate surface area is 212 Å². The quantitative estimate of drug-likeness (QED) is 0.427. The molecule has 1 saturated carbocycles. The molecule has 200 valence electrons. The van der Waals surface area contributed by atoms with Crippen molar-refractivity contribution < 1.29 is 27.0 Å². The van der Waals surface area contributed by atoms with Crippen LogP contribution in [0.1, 0.15) is 50.6 Å². The molecule has 3 aromatic heterocycles. The van der Waals surface area contributed by atoms with Gasteiger partial charge in [0.25, 0.3) is 5.88 Å². The number of rotatable bonds is 7. The molecule has 2 aliphatic rings. The number of aromatic nitrogens is 4. The standard InChI is InChI=1S/C25H30F4N6O2/c1-3-30-21-12-20-18(13-32-21)23(34-11-9-17(14-34)36-2)33-35(20)15-4-6-16(7-5-15)37-24-22(26)19(8-10-31-24)25(27,28)29/h8,10,12-13,15-17H,3-7,9,11,14H2,1-2H3,(H,30,32)/t15-,16+,17-/m0/s1. The van der Waals surface area contributed by atoms with E-state index in [0.717, 1.165) is 54.8 Å². The van der Waals surface area contributed by atoms with Crippen molar-refractivity contribution in [2.45, 2.75) is 63.5 Å². The molecule has 3 aromatic rings. The van der Waals surface area contributed by atoms with Gasteiger partial charge in [0.2, 0.25) is 0 Å². The van der Waals surface area contributed by atoms with E-state index in [1.165, 1.54) is 0 Å². The number of halogens is 4. The monoisotopic (exact) mass is 522 g/mol. The molecule has 2 fully saturated rings. The molecular formula is C25H30F4N6O2. The molecule has 0 spiro atoms. The Balaban J connectivity index is 1.35. The van der Waals surface area contributed by atoms with E-state index in [9.17, 15) is 17.6 Å². The van der Waals surface area contributed by atoms with E-state index < -0.39 is 29.5 Å². The molecule has 4 heterocycles. The van der Waals surface area contributed by atoms with Crippen LogP contribution in [0.2, 0.25) is 0 Å². The SMILES string of the molecule is CCNc1cc2c(cn1)c(N1CC[C@H](OC)C1)nn2[C@H]1CC[C@@H](Oc2nccc(C(F)(F)F)c2F)CC1. The Morgan fingerprint density at radius 2 is 1.89 bits per heavy atom. The minimum Gasteiger partial charge on any atom is -0.472 e. The predicted octanol–water partition coefficient (Wildman–Crippen LogP) is 5.20. The summed E-state index contributed by atoms with van der Waals surface area (Å²) >= 11 is 0. The summed E-state index contributed by atoms with van der Waals surface area (Å²) in [6, 6.07) is 2.68. The van der Waals surface area contributed by atoms with E-state index >= 15 is 0 Å². The van der Waals surface area contributed by atoms with Crippen molar-refractivity contribution in [2.75, 3.05) is 37.0 Å². The number of nitrogens with one attached hydrogen (secondary N) is 1. The molecule has 1 N–H and O–H groups in total. The zero-order valence-electron chi connectivity index (χ0n) is 20.8. The predicted molar refractivity (Wildman–Crippen MR) is 130 cm³/mol. The van der Waals surface area contributed by atoms with Crippen LogP contribution in [0.25, 0.3) is 10.9 Å². The number of methoxy groups -OCH3 is 1. The van der Waals surface area contributed by atoms with E-state index in [1.807, 2.05) is 23.9 Å². The van der Waals surface area contributed by atoms with Gasteiger partial charge in [0, 0.05) is 45.2 Å². The largest absolute Gasteiger partial charge is 0.472 e. The molecule has 0 bridgehead atoms. The van der Waals surface area contributed by atoms with Gasteiger partial charge in [-0.3, -0.25) is 4.68 Å².